The first-order chi connectivity index (χ1) is 9.24. The summed E-state index contributed by atoms with van der Waals surface area (Å²) in [5.41, 5.74) is 2.95. The minimum Gasteiger partial charge on any atom is -0.258 e. The number of rotatable bonds is 3. The van der Waals surface area contributed by atoms with Crippen molar-refractivity contribution in [2.45, 2.75) is 0 Å². The summed E-state index contributed by atoms with van der Waals surface area (Å²) in [7, 11) is 0. The number of nitro benzene ring substituents is 1. The lowest BCUT2D eigenvalue weighted by Crippen LogP contribution is -1.87. The van der Waals surface area contributed by atoms with E-state index < -0.39 is 4.92 Å². The number of hydrogen-bond donors (Lipinski definition) is 0. The molecule has 0 fully saturated rings. The van der Waals surface area contributed by atoms with Crippen molar-refractivity contribution in [3.63, 3.8) is 0 Å². The first-order valence-electron chi connectivity index (χ1n) is 5.47. The Morgan fingerprint density at radius 1 is 1.05 bits per heavy atom. The second-order valence-electron chi connectivity index (χ2n) is 3.85. The molecule has 0 saturated carbocycles. The van der Waals surface area contributed by atoms with Gasteiger partial charge < -0.3 is 0 Å². The number of benzene rings is 1. The smallest absolute Gasteiger partial charge is 0.258 e. The van der Waals surface area contributed by atoms with Crippen molar-refractivity contribution in [2.24, 2.45) is 0 Å². The Bertz CT molecular complexity index is 703. The van der Waals surface area contributed by atoms with Crippen molar-refractivity contribution in [1.82, 2.24) is 4.98 Å². The van der Waals surface area contributed by atoms with Gasteiger partial charge in [-0.2, -0.15) is 11.3 Å². The lowest BCUT2D eigenvalue weighted by atomic mass is 10.1. The number of aromatic nitrogens is 1. The quantitative estimate of drug-likeness (QED) is 0.528. The van der Waals surface area contributed by atoms with Crippen LogP contribution in [-0.2, 0) is 0 Å². The van der Waals surface area contributed by atoms with E-state index in [0.29, 0.717) is 0 Å². The Balaban J connectivity index is 1.92. The number of nitrogens with zero attached hydrogens (tertiary/aromatic N) is 2. The van der Waals surface area contributed by atoms with Crippen LogP contribution >= 0.6 is 22.7 Å². The molecule has 0 aliphatic rings. The molecule has 0 spiro atoms. The normalized spacial score (nSPS) is 10.5. The summed E-state index contributed by atoms with van der Waals surface area (Å²) in [6, 6.07) is 8.48. The zero-order valence-electron chi connectivity index (χ0n) is 9.65. The summed E-state index contributed by atoms with van der Waals surface area (Å²) in [6.45, 7) is 0. The molecule has 19 heavy (non-hydrogen) atoms. The van der Waals surface area contributed by atoms with Crippen LogP contribution in [0, 0.1) is 10.1 Å². The highest BCUT2D eigenvalue weighted by Crippen LogP contribution is 2.30. The van der Waals surface area contributed by atoms with Gasteiger partial charge in [-0.25, -0.2) is 4.98 Å². The first kappa shape index (κ1) is 12.0. The van der Waals surface area contributed by atoms with E-state index in [1.54, 1.807) is 34.8 Å². The van der Waals surface area contributed by atoms with E-state index in [9.17, 15) is 10.1 Å². The van der Waals surface area contributed by atoms with Gasteiger partial charge >= 0.3 is 0 Å². The van der Waals surface area contributed by atoms with Gasteiger partial charge in [-0.05, 0) is 23.6 Å². The van der Waals surface area contributed by atoms with E-state index >= 15 is 0 Å². The summed E-state index contributed by atoms with van der Waals surface area (Å²) in [5.74, 6) is 0. The second kappa shape index (κ2) is 4.91. The van der Waals surface area contributed by atoms with Gasteiger partial charge in [-0.3, -0.25) is 10.1 Å². The number of thiophene rings is 1. The minimum absolute atomic E-state index is 0.0945. The van der Waals surface area contributed by atoms with Crippen molar-refractivity contribution < 1.29 is 4.92 Å². The van der Waals surface area contributed by atoms with Crippen molar-refractivity contribution in [3.05, 3.63) is 56.6 Å². The van der Waals surface area contributed by atoms with Crippen LogP contribution in [-0.4, -0.2) is 9.91 Å². The molecule has 1 aromatic carbocycles. The zero-order chi connectivity index (χ0) is 13.2. The molecule has 94 valence electrons. The average Bonchev–Trinajstić information content (AvgIpc) is 3.10. The van der Waals surface area contributed by atoms with Crippen LogP contribution in [0.3, 0.4) is 0 Å². The third-order valence-electron chi connectivity index (χ3n) is 2.65. The van der Waals surface area contributed by atoms with E-state index in [0.717, 1.165) is 21.8 Å². The van der Waals surface area contributed by atoms with Gasteiger partial charge in [0.1, 0.15) is 5.01 Å². The van der Waals surface area contributed by atoms with E-state index in [-0.39, 0.29) is 5.69 Å². The third-order valence-corrected chi connectivity index (χ3v) is 4.22. The van der Waals surface area contributed by atoms with Gasteiger partial charge in [-0.15, -0.1) is 11.3 Å². The largest absolute Gasteiger partial charge is 0.269 e. The molecule has 4 nitrogen and oxygen atoms in total. The molecular weight excluding hydrogens is 280 g/mol. The number of thiazole rings is 1. The van der Waals surface area contributed by atoms with Crippen LogP contribution in [0.4, 0.5) is 5.69 Å². The lowest BCUT2D eigenvalue weighted by Gasteiger charge is -1.96. The zero-order valence-corrected chi connectivity index (χ0v) is 11.3. The Morgan fingerprint density at radius 2 is 1.84 bits per heavy atom. The molecule has 0 bridgehead atoms. The SMILES string of the molecule is O=[N+]([O-])c1ccc(-c2csc(-c3ccsc3)n2)cc1. The molecule has 3 rings (SSSR count). The number of non-ortho nitro benzene ring substituents is 1. The average molecular weight is 288 g/mol. The standard InChI is InChI=1S/C13H8N2O2S2/c16-15(17)11-3-1-9(2-4-11)12-8-19-13(14-12)10-5-6-18-7-10/h1-8H. The second-order valence-corrected chi connectivity index (χ2v) is 5.49. The molecule has 0 radical (unpaired) electrons. The van der Waals surface area contributed by atoms with Crippen LogP contribution in [0.2, 0.25) is 0 Å². The fourth-order valence-corrected chi connectivity index (χ4v) is 3.22. The number of hydrogen-bond acceptors (Lipinski definition) is 5. The maximum absolute atomic E-state index is 10.6. The van der Waals surface area contributed by atoms with Crippen molar-refractivity contribution in [2.75, 3.05) is 0 Å². The van der Waals surface area contributed by atoms with Crippen molar-refractivity contribution in [1.29, 1.82) is 0 Å². The fourth-order valence-electron chi connectivity index (χ4n) is 1.68. The molecule has 0 unspecified atom stereocenters. The van der Waals surface area contributed by atoms with E-state index in [4.69, 9.17) is 0 Å². The maximum atomic E-state index is 10.6. The van der Waals surface area contributed by atoms with Crippen molar-refractivity contribution >= 4 is 28.4 Å². The van der Waals surface area contributed by atoms with Crippen LogP contribution in [0.5, 0.6) is 0 Å². The van der Waals surface area contributed by atoms with Crippen LogP contribution in [0.1, 0.15) is 0 Å². The Kier molecular flexibility index (Phi) is 3.10. The molecule has 2 aromatic heterocycles. The Morgan fingerprint density at radius 3 is 2.47 bits per heavy atom. The van der Waals surface area contributed by atoms with E-state index in [1.807, 2.05) is 16.8 Å². The maximum Gasteiger partial charge on any atom is 0.269 e. The van der Waals surface area contributed by atoms with Crippen LogP contribution < -0.4 is 0 Å². The molecule has 2 heterocycles. The molecular formula is C13H8N2O2S2. The van der Waals surface area contributed by atoms with Gasteiger partial charge in [0.05, 0.1) is 10.6 Å². The highest BCUT2D eigenvalue weighted by Gasteiger charge is 2.09. The molecule has 0 atom stereocenters. The topological polar surface area (TPSA) is 56.0 Å². The summed E-state index contributed by atoms with van der Waals surface area (Å²) >= 11 is 3.21. The predicted octanol–water partition coefficient (Wildman–Crippen LogP) is 4.45. The summed E-state index contributed by atoms with van der Waals surface area (Å²) in [5, 5.41) is 17.6. The van der Waals surface area contributed by atoms with E-state index in [1.165, 1.54) is 12.1 Å². The van der Waals surface area contributed by atoms with E-state index in [2.05, 4.69) is 10.4 Å². The van der Waals surface area contributed by atoms with Crippen LogP contribution in [0.25, 0.3) is 21.8 Å². The molecule has 0 saturated heterocycles. The molecule has 0 amide bonds. The Labute approximate surface area is 117 Å². The third kappa shape index (κ3) is 2.40. The molecule has 0 N–H and O–H groups in total. The molecule has 0 aliphatic carbocycles. The predicted molar refractivity (Wildman–Crippen MR) is 77.5 cm³/mol. The van der Waals surface area contributed by atoms with Gasteiger partial charge in [-0.1, -0.05) is 0 Å². The monoisotopic (exact) mass is 288 g/mol. The molecule has 3 aromatic rings. The molecule has 0 aliphatic heterocycles. The van der Waals surface area contributed by atoms with Gasteiger partial charge in [0.2, 0.25) is 0 Å². The summed E-state index contributed by atoms with van der Waals surface area (Å²) in [4.78, 5) is 14.8. The molecule has 6 heteroatoms. The minimum atomic E-state index is -0.401. The van der Waals surface area contributed by atoms with Gasteiger partial charge in [0, 0.05) is 34.0 Å². The first-order valence-corrected chi connectivity index (χ1v) is 7.29. The number of nitro groups is 1. The summed E-state index contributed by atoms with van der Waals surface area (Å²) < 4.78 is 0. The fraction of sp³-hybridized carbons (Fsp3) is 0. The van der Waals surface area contributed by atoms with Gasteiger partial charge in [0.25, 0.3) is 5.69 Å². The van der Waals surface area contributed by atoms with Gasteiger partial charge in [0.15, 0.2) is 0 Å². The lowest BCUT2D eigenvalue weighted by molar-refractivity contribution is -0.384. The van der Waals surface area contributed by atoms with Crippen molar-refractivity contribution in [3.8, 4) is 21.8 Å². The van der Waals surface area contributed by atoms with Crippen LogP contribution in [0.15, 0.2) is 46.5 Å². The highest BCUT2D eigenvalue weighted by atomic mass is 32.1. The highest BCUT2D eigenvalue weighted by molar-refractivity contribution is 7.14. The summed E-state index contributed by atoms with van der Waals surface area (Å²) in [6.07, 6.45) is 0. The Hall–Kier alpha value is -2.05.